The minimum absolute atomic E-state index is 0.0741. The van der Waals surface area contributed by atoms with Gasteiger partial charge in [-0.25, -0.2) is 0 Å². The summed E-state index contributed by atoms with van der Waals surface area (Å²) in [5.41, 5.74) is 1.42. The van der Waals surface area contributed by atoms with Gasteiger partial charge in [0, 0.05) is 51.8 Å². The number of hydrogen-bond acceptors (Lipinski definition) is 5. The van der Waals surface area contributed by atoms with Crippen molar-refractivity contribution < 1.29 is 9.59 Å². The van der Waals surface area contributed by atoms with Crippen LogP contribution in [0.5, 0.6) is 0 Å². The minimum atomic E-state index is -0.0741. The second-order valence-corrected chi connectivity index (χ2v) is 7.45. The van der Waals surface area contributed by atoms with Crippen molar-refractivity contribution in [2.24, 2.45) is 7.05 Å². The van der Waals surface area contributed by atoms with Crippen molar-refractivity contribution in [1.29, 1.82) is 0 Å². The van der Waals surface area contributed by atoms with Crippen LogP contribution in [0, 0.1) is 6.92 Å². The molecule has 0 aliphatic carbocycles. The number of rotatable bonds is 2. The molecule has 0 N–H and O–H groups in total. The molecule has 2 aliphatic rings. The second kappa shape index (κ2) is 6.79. The molecule has 9 heteroatoms. The molecule has 1 atom stereocenters. The average Bonchev–Trinajstić information content (AvgIpc) is 3.24. The van der Waals surface area contributed by atoms with Gasteiger partial charge >= 0.3 is 0 Å². The van der Waals surface area contributed by atoms with Crippen LogP contribution in [0.25, 0.3) is 0 Å². The first-order chi connectivity index (χ1) is 12.9. The zero-order chi connectivity index (χ0) is 19.1. The molecule has 1 unspecified atom stereocenters. The maximum Gasteiger partial charge on any atom is 0.274 e. The van der Waals surface area contributed by atoms with Gasteiger partial charge in [-0.3, -0.25) is 14.3 Å². The number of aromatic nitrogens is 5. The highest BCUT2D eigenvalue weighted by Gasteiger charge is 2.31. The SMILES string of the molecule is CC(=O)N1CCCC(c2nnc3n2CCN(C(=O)c2cc(C)n(C)n2)C3)C1. The van der Waals surface area contributed by atoms with E-state index in [2.05, 4.69) is 19.9 Å². The lowest BCUT2D eigenvalue weighted by atomic mass is 9.97. The zero-order valence-corrected chi connectivity index (χ0v) is 16.1. The van der Waals surface area contributed by atoms with E-state index in [1.165, 1.54) is 0 Å². The van der Waals surface area contributed by atoms with Crippen molar-refractivity contribution in [3.8, 4) is 0 Å². The molecule has 1 saturated heterocycles. The van der Waals surface area contributed by atoms with Crippen LogP contribution in [0.1, 0.15) is 53.5 Å². The maximum atomic E-state index is 12.8. The molecule has 2 amide bonds. The van der Waals surface area contributed by atoms with Gasteiger partial charge in [0.15, 0.2) is 11.5 Å². The normalized spacial score (nSPS) is 19.9. The lowest BCUT2D eigenvalue weighted by molar-refractivity contribution is -0.130. The molecular weight excluding hydrogens is 346 g/mol. The van der Waals surface area contributed by atoms with Crippen LogP contribution < -0.4 is 0 Å². The van der Waals surface area contributed by atoms with Crippen LogP contribution in [-0.2, 0) is 24.9 Å². The van der Waals surface area contributed by atoms with Crippen LogP contribution in [0.4, 0.5) is 0 Å². The fourth-order valence-electron chi connectivity index (χ4n) is 3.96. The molecule has 0 bridgehead atoms. The Morgan fingerprint density at radius 2 is 1.96 bits per heavy atom. The first-order valence-electron chi connectivity index (χ1n) is 9.41. The molecular formula is C18H25N7O2. The van der Waals surface area contributed by atoms with Crippen molar-refractivity contribution in [2.75, 3.05) is 19.6 Å². The van der Waals surface area contributed by atoms with Crippen molar-refractivity contribution in [3.05, 3.63) is 29.1 Å². The molecule has 4 heterocycles. The number of amides is 2. The molecule has 0 spiro atoms. The average molecular weight is 371 g/mol. The molecule has 0 aromatic carbocycles. The van der Waals surface area contributed by atoms with Gasteiger partial charge in [0.05, 0.1) is 6.54 Å². The van der Waals surface area contributed by atoms with Gasteiger partial charge in [-0.1, -0.05) is 0 Å². The quantitative estimate of drug-likeness (QED) is 0.775. The summed E-state index contributed by atoms with van der Waals surface area (Å²) in [7, 11) is 1.83. The van der Waals surface area contributed by atoms with E-state index in [4.69, 9.17) is 0 Å². The van der Waals surface area contributed by atoms with Gasteiger partial charge in [0.1, 0.15) is 5.82 Å². The summed E-state index contributed by atoms with van der Waals surface area (Å²) in [4.78, 5) is 28.1. The van der Waals surface area contributed by atoms with E-state index < -0.39 is 0 Å². The first kappa shape index (κ1) is 17.7. The number of aryl methyl sites for hydroxylation is 2. The van der Waals surface area contributed by atoms with Crippen LogP contribution in [0.3, 0.4) is 0 Å². The molecule has 2 aliphatic heterocycles. The number of hydrogen-bond donors (Lipinski definition) is 0. The number of carbonyl (C=O) groups is 2. The van der Waals surface area contributed by atoms with E-state index in [-0.39, 0.29) is 17.7 Å². The molecule has 9 nitrogen and oxygen atoms in total. The van der Waals surface area contributed by atoms with Crippen LogP contribution in [0.2, 0.25) is 0 Å². The third-order valence-electron chi connectivity index (χ3n) is 5.63. The highest BCUT2D eigenvalue weighted by molar-refractivity contribution is 5.92. The summed E-state index contributed by atoms with van der Waals surface area (Å²) in [5.74, 6) is 1.99. The third-order valence-corrected chi connectivity index (χ3v) is 5.63. The zero-order valence-electron chi connectivity index (χ0n) is 16.1. The number of likely N-dealkylation sites (tertiary alicyclic amines) is 1. The fraction of sp³-hybridized carbons (Fsp3) is 0.611. The Morgan fingerprint density at radius 3 is 2.67 bits per heavy atom. The van der Waals surface area contributed by atoms with E-state index in [0.717, 1.165) is 36.7 Å². The standard InChI is InChI=1S/C18H25N7O2/c1-12-9-15(21-22(12)3)18(27)24-7-8-25-16(11-24)19-20-17(25)14-5-4-6-23(10-14)13(2)26/h9,14H,4-8,10-11H2,1-3H3. The Balaban J connectivity index is 1.50. The smallest absolute Gasteiger partial charge is 0.274 e. The molecule has 2 aromatic heterocycles. The lowest BCUT2D eigenvalue weighted by Crippen LogP contribution is -2.41. The summed E-state index contributed by atoms with van der Waals surface area (Å²) in [6.07, 6.45) is 1.99. The van der Waals surface area contributed by atoms with Crippen molar-refractivity contribution in [3.63, 3.8) is 0 Å². The highest BCUT2D eigenvalue weighted by atomic mass is 16.2. The maximum absolute atomic E-state index is 12.8. The predicted octanol–water partition coefficient (Wildman–Crippen LogP) is 0.702. The Morgan fingerprint density at radius 1 is 1.15 bits per heavy atom. The van der Waals surface area contributed by atoms with E-state index in [1.807, 2.05) is 24.9 Å². The lowest BCUT2D eigenvalue weighted by Gasteiger charge is -2.33. The Labute approximate surface area is 157 Å². The summed E-state index contributed by atoms with van der Waals surface area (Å²) < 4.78 is 3.84. The van der Waals surface area contributed by atoms with Gasteiger partial charge in [-0.15, -0.1) is 10.2 Å². The van der Waals surface area contributed by atoms with Crippen molar-refractivity contribution in [2.45, 2.75) is 45.7 Å². The molecule has 2 aromatic rings. The summed E-state index contributed by atoms with van der Waals surface area (Å²) in [6, 6.07) is 1.81. The topological polar surface area (TPSA) is 89.2 Å². The van der Waals surface area contributed by atoms with Crippen LogP contribution in [-0.4, -0.2) is 65.8 Å². The van der Waals surface area contributed by atoms with Gasteiger partial charge in [0.25, 0.3) is 5.91 Å². The largest absolute Gasteiger partial charge is 0.342 e. The van der Waals surface area contributed by atoms with E-state index in [9.17, 15) is 9.59 Å². The Kier molecular flexibility index (Phi) is 4.45. The van der Waals surface area contributed by atoms with E-state index in [0.29, 0.717) is 31.9 Å². The predicted molar refractivity (Wildman–Crippen MR) is 96.9 cm³/mol. The number of piperidine rings is 1. The summed E-state index contributed by atoms with van der Waals surface area (Å²) in [6.45, 7) is 6.77. The Hall–Kier alpha value is -2.71. The number of carbonyl (C=O) groups excluding carboxylic acids is 2. The third kappa shape index (κ3) is 3.22. The number of fused-ring (bicyclic) bond motifs is 1. The first-order valence-corrected chi connectivity index (χ1v) is 9.41. The van der Waals surface area contributed by atoms with E-state index >= 15 is 0 Å². The minimum Gasteiger partial charge on any atom is -0.342 e. The van der Waals surface area contributed by atoms with Crippen LogP contribution >= 0.6 is 0 Å². The molecule has 27 heavy (non-hydrogen) atoms. The second-order valence-electron chi connectivity index (χ2n) is 7.45. The van der Waals surface area contributed by atoms with Gasteiger partial charge in [-0.2, -0.15) is 5.10 Å². The van der Waals surface area contributed by atoms with Gasteiger partial charge in [0.2, 0.25) is 5.91 Å². The monoisotopic (exact) mass is 371 g/mol. The van der Waals surface area contributed by atoms with Crippen LogP contribution in [0.15, 0.2) is 6.07 Å². The van der Waals surface area contributed by atoms with E-state index in [1.54, 1.807) is 16.5 Å². The number of nitrogens with zero attached hydrogens (tertiary/aromatic N) is 7. The molecule has 0 saturated carbocycles. The Bertz CT molecular complexity index is 865. The van der Waals surface area contributed by atoms with Crippen molar-refractivity contribution in [1.82, 2.24) is 34.3 Å². The van der Waals surface area contributed by atoms with Gasteiger partial charge < -0.3 is 14.4 Å². The summed E-state index contributed by atoms with van der Waals surface area (Å²) >= 11 is 0. The molecule has 4 rings (SSSR count). The summed E-state index contributed by atoms with van der Waals surface area (Å²) in [5, 5.41) is 13.0. The fourth-order valence-corrected chi connectivity index (χ4v) is 3.96. The van der Waals surface area contributed by atoms with Gasteiger partial charge in [-0.05, 0) is 25.8 Å². The molecule has 144 valence electrons. The highest BCUT2D eigenvalue weighted by Crippen LogP contribution is 2.28. The van der Waals surface area contributed by atoms with Crippen molar-refractivity contribution >= 4 is 11.8 Å². The molecule has 1 fully saturated rings. The molecule has 0 radical (unpaired) electrons.